The van der Waals surface area contributed by atoms with Gasteiger partial charge in [-0.05, 0) is 61.6 Å². The summed E-state index contributed by atoms with van der Waals surface area (Å²) in [5, 5.41) is 2.99. The molecule has 0 bridgehead atoms. The predicted molar refractivity (Wildman–Crippen MR) is 126 cm³/mol. The second-order valence-corrected chi connectivity index (χ2v) is 8.64. The molecule has 0 spiro atoms. The molecule has 0 saturated carbocycles. The van der Waals surface area contributed by atoms with E-state index in [1.54, 1.807) is 4.90 Å². The smallest absolute Gasteiger partial charge is 0.229 e. The Morgan fingerprint density at radius 2 is 1.94 bits per heavy atom. The average Bonchev–Trinajstić information content (AvgIpc) is 3.43. The third-order valence-electron chi connectivity index (χ3n) is 6.57. The number of rotatable bonds is 5. The van der Waals surface area contributed by atoms with E-state index in [1.165, 1.54) is 18.5 Å². The zero-order chi connectivity index (χ0) is 22.1. The van der Waals surface area contributed by atoms with Gasteiger partial charge in [-0.2, -0.15) is 0 Å². The second kappa shape index (κ2) is 8.61. The van der Waals surface area contributed by atoms with Crippen LogP contribution in [0.4, 0.5) is 11.4 Å². The van der Waals surface area contributed by atoms with Crippen LogP contribution in [-0.4, -0.2) is 27.9 Å². The Bertz CT molecular complexity index is 1150. The molecule has 1 aromatic heterocycles. The van der Waals surface area contributed by atoms with Crippen molar-refractivity contribution in [3.05, 3.63) is 66.0 Å². The zero-order valence-electron chi connectivity index (χ0n) is 18.4. The van der Waals surface area contributed by atoms with Crippen molar-refractivity contribution in [2.24, 2.45) is 5.92 Å². The highest BCUT2D eigenvalue weighted by molar-refractivity contribution is 6.03. The van der Waals surface area contributed by atoms with Crippen molar-refractivity contribution in [2.75, 3.05) is 16.8 Å². The maximum absolute atomic E-state index is 12.9. The number of benzene rings is 2. The summed E-state index contributed by atoms with van der Waals surface area (Å²) in [6.45, 7) is 3.50. The molecule has 1 saturated heterocycles. The molecule has 0 aliphatic carbocycles. The highest BCUT2D eigenvalue weighted by Crippen LogP contribution is 2.30. The number of nitrogens with one attached hydrogen (secondary N) is 1. The van der Waals surface area contributed by atoms with Crippen LogP contribution in [0.15, 0.2) is 54.7 Å². The number of carbonyl (C=O) groups is 2. The van der Waals surface area contributed by atoms with E-state index in [1.807, 2.05) is 54.7 Å². The van der Waals surface area contributed by atoms with Gasteiger partial charge in [0.1, 0.15) is 5.82 Å². The van der Waals surface area contributed by atoms with Gasteiger partial charge in [-0.15, -0.1) is 0 Å². The lowest BCUT2D eigenvalue weighted by molar-refractivity contribution is -0.122. The van der Waals surface area contributed by atoms with Gasteiger partial charge in [0, 0.05) is 48.3 Å². The van der Waals surface area contributed by atoms with E-state index in [-0.39, 0.29) is 24.2 Å². The number of aryl methyl sites for hydroxylation is 2. The normalized spacial score (nSPS) is 18.0. The molecule has 164 valence electrons. The van der Waals surface area contributed by atoms with E-state index in [2.05, 4.69) is 21.8 Å². The van der Waals surface area contributed by atoms with Crippen molar-refractivity contribution in [3.8, 4) is 11.4 Å². The first-order valence-corrected chi connectivity index (χ1v) is 11.5. The number of nitrogens with zero attached hydrogens (tertiary/aromatic N) is 3. The molecule has 1 atom stereocenters. The summed E-state index contributed by atoms with van der Waals surface area (Å²) >= 11 is 0. The zero-order valence-corrected chi connectivity index (χ0v) is 18.4. The molecule has 2 aromatic carbocycles. The minimum absolute atomic E-state index is 0.00507. The molecule has 32 heavy (non-hydrogen) atoms. The van der Waals surface area contributed by atoms with E-state index in [9.17, 15) is 9.59 Å². The largest absolute Gasteiger partial charge is 0.328 e. The van der Waals surface area contributed by atoms with Crippen molar-refractivity contribution in [1.29, 1.82) is 0 Å². The van der Waals surface area contributed by atoms with E-state index in [4.69, 9.17) is 0 Å². The van der Waals surface area contributed by atoms with Gasteiger partial charge in [-0.1, -0.05) is 25.1 Å². The number of aromatic nitrogens is 2. The van der Waals surface area contributed by atoms with Crippen LogP contribution in [0.25, 0.3) is 11.4 Å². The third kappa shape index (κ3) is 3.81. The Morgan fingerprint density at radius 1 is 1.12 bits per heavy atom. The monoisotopic (exact) mass is 428 g/mol. The second-order valence-electron chi connectivity index (χ2n) is 8.64. The predicted octanol–water partition coefficient (Wildman–Crippen LogP) is 4.44. The SMILES string of the molecule is CCc1ccccc1N1CC(C(=O)Nc2ccc(-c3ncc4n3CCCC4)cc2)CC1=O. The van der Waals surface area contributed by atoms with Gasteiger partial charge in [-0.25, -0.2) is 4.98 Å². The topological polar surface area (TPSA) is 67.2 Å². The molecule has 0 radical (unpaired) electrons. The lowest BCUT2D eigenvalue weighted by atomic mass is 10.1. The maximum Gasteiger partial charge on any atom is 0.229 e. The number of hydrogen-bond acceptors (Lipinski definition) is 3. The van der Waals surface area contributed by atoms with Crippen LogP contribution >= 0.6 is 0 Å². The van der Waals surface area contributed by atoms with E-state index in [0.29, 0.717) is 6.54 Å². The van der Waals surface area contributed by atoms with Gasteiger partial charge in [0.25, 0.3) is 0 Å². The molecule has 3 heterocycles. The van der Waals surface area contributed by atoms with Crippen LogP contribution in [0.3, 0.4) is 0 Å². The fraction of sp³-hybridized carbons (Fsp3) is 0.346. The number of carbonyl (C=O) groups excluding carboxylic acids is 2. The standard InChI is InChI=1S/C26H28N4O2/c1-2-18-7-3-4-9-23(18)30-17-20(15-24(30)31)26(32)28-21-12-10-19(11-13-21)25-27-16-22-8-5-6-14-29(22)25/h3-4,7,9-13,16,20H,2,5-6,8,14-15,17H2,1H3,(H,28,32). The van der Waals surface area contributed by atoms with Crippen LogP contribution in [0, 0.1) is 5.92 Å². The number of hydrogen-bond donors (Lipinski definition) is 1. The molecule has 6 heteroatoms. The molecule has 2 amide bonds. The fourth-order valence-electron chi connectivity index (χ4n) is 4.80. The van der Waals surface area contributed by atoms with Crippen molar-refractivity contribution in [1.82, 2.24) is 9.55 Å². The summed E-state index contributed by atoms with van der Waals surface area (Å²) in [6.07, 6.45) is 6.56. The van der Waals surface area contributed by atoms with Gasteiger partial charge >= 0.3 is 0 Å². The highest BCUT2D eigenvalue weighted by Gasteiger charge is 2.35. The lowest BCUT2D eigenvalue weighted by Crippen LogP contribution is -2.28. The van der Waals surface area contributed by atoms with Crippen LogP contribution in [0.2, 0.25) is 0 Å². The first-order chi connectivity index (χ1) is 15.6. The van der Waals surface area contributed by atoms with E-state index >= 15 is 0 Å². The molecule has 3 aromatic rings. The molecular formula is C26H28N4O2. The molecule has 5 rings (SSSR count). The van der Waals surface area contributed by atoms with Gasteiger partial charge in [0.2, 0.25) is 11.8 Å². The average molecular weight is 429 g/mol. The van der Waals surface area contributed by atoms with E-state index < -0.39 is 0 Å². The summed E-state index contributed by atoms with van der Waals surface area (Å²) in [5.74, 6) is 0.529. The number of fused-ring (bicyclic) bond motifs is 1. The Balaban J connectivity index is 1.26. The van der Waals surface area contributed by atoms with Crippen LogP contribution in [-0.2, 0) is 29.0 Å². The van der Waals surface area contributed by atoms with Crippen molar-refractivity contribution in [2.45, 2.75) is 45.6 Å². The Hall–Kier alpha value is -3.41. The Morgan fingerprint density at radius 3 is 2.75 bits per heavy atom. The van der Waals surface area contributed by atoms with Crippen LogP contribution in [0.5, 0.6) is 0 Å². The third-order valence-corrected chi connectivity index (χ3v) is 6.57. The molecule has 1 N–H and O–H groups in total. The van der Waals surface area contributed by atoms with Crippen molar-refractivity contribution < 1.29 is 9.59 Å². The van der Waals surface area contributed by atoms with E-state index in [0.717, 1.165) is 47.7 Å². The molecule has 2 aliphatic heterocycles. The Labute approximate surface area is 188 Å². The number of imidazole rings is 1. The minimum atomic E-state index is -0.355. The summed E-state index contributed by atoms with van der Waals surface area (Å²) in [7, 11) is 0. The lowest BCUT2D eigenvalue weighted by Gasteiger charge is -2.20. The summed E-state index contributed by atoms with van der Waals surface area (Å²) < 4.78 is 2.30. The molecule has 2 aliphatic rings. The highest BCUT2D eigenvalue weighted by atomic mass is 16.2. The van der Waals surface area contributed by atoms with Gasteiger partial charge < -0.3 is 14.8 Å². The number of para-hydroxylation sites is 1. The fourth-order valence-corrected chi connectivity index (χ4v) is 4.80. The van der Waals surface area contributed by atoms with Gasteiger partial charge in [0.15, 0.2) is 0 Å². The molecule has 1 fully saturated rings. The molecule has 6 nitrogen and oxygen atoms in total. The van der Waals surface area contributed by atoms with Crippen molar-refractivity contribution in [3.63, 3.8) is 0 Å². The number of amides is 2. The molecule has 1 unspecified atom stereocenters. The number of anilines is 2. The summed E-state index contributed by atoms with van der Waals surface area (Å²) in [6, 6.07) is 15.8. The van der Waals surface area contributed by atoms with Gasteiger partial charge in [-0.3, -0.25) is 9.59 Å². The Kier molecular flexibility index (Phi) is 5.52. The quantitative estimate of drug-likeness (QED) is 0.653. The van der Waals surface area contributed by atoms with Crippen LogP contribution < -0.4 is 10.2 Å². The van der Waals surface area contributed by atoms with Gasteiger partial charge in [0.05, 0.1) is 5.92 Å². The first-order valence-electron chi connectivity index (χ1n) is 11.5. The summed E-state index contributed by atoms with van der Waals surface area (Å²) in [5.41, 5.74) is 5.13. The van der Waals surface area contributed by atoms with Crippen molar-refractivity contribution >= 4 is 23.2 Å². The maximum atomic E-state index is 12.9. The minimum Gasteiger partial charge on any atom is -0.328 e. The molecular weight excluding hydrogens is 400 g/mol. The first kappa shape index (κ1) is 20.5. The summed E-state index contributed by atoms with van der Waals surface area (Å²) in [4.78, 5) is 31.9. The van der Waals surface area contributed by atoms with Crippen LogP contribution in [0.1, 0.15) is 37.4 Å².